The van der Waals surface area contributed by atoms with E-state index in [1.807, 2.05) is 0 Å². The van der Waals surface area contributed by atoms with E-state index in [0.29, 0.717) is 5.92 Å². The molecule has 2 aromatic rings. The van der Waals surface area contributed by atoms with Crippen LogP contribution in [0.25, 0.3) is 0 Å². The highest BCUT2D eigenvalue weighted by atomic mass is 14.6. The lowest BCUT2D eigenvalue weighted by atomic mass is 9.56. The molecule has 104 valence electrons. The van der Waals surface area contributed by atoms with Gasteiger partial charge in [0.25, 0.3) is 0 Å². The van der Waals surface area contributed by atoms with Gasteiger partial charge in [-0.3, -0.25) is 0 Å². The maximum Gasteiger partial charge on any atom is 0.00873 e. The van der Waals surface area contributed by atoms with E-state index >= 15 is 0 Å². The molecule has 1 nitrogen and oxygen atoms in total. The fourth-order valence-electron chi connectivity index (χ4n) is 3.65. The average Bonchev–Trinajstić information content (AvgIpc) is 2.38. The van der Waals surface area contributed by atoms with Crippen LogP contribution < -0.4 is 5.73 Å². The highest BCUT2D eigenvalue weighted by Gasteiger charge is 2.44. The number of aryl methyl sites for hydroxylation is 2. The Hall–Kier alpha value is -1.60. The van der Waals surface area contributed by atoms with E-state index < -0.39 is 0 Å². The number of benzene rings is 2. The summed E-state index contributed by atoms with van der Waals surface area (Å²) in [7, 11) is 0. The zero-order chi connectivity index (χ0) is 14.2. The third kappa shape index (κ3) is 2.27. The van der Waals surface area contributed by atoms with Crippen molar-refractivity contribution in [1.29, 1.82) is 0 Å². The van der Waals surface area contributed by atoms with Crippen molar-refractivity contribution in [2.45, 2.75) is 38.0 Å². The van der Waals surface area contributed by atoms with Crippen molar-refractivity contribution in [1.82, 2.24) is 0 Å². The molecule has 1 fully saturated rings. The van der Waals surface area contributed by atoms with Gasteiger partial charge in [0.1, 0.15) is 0 Å². The minimum Gasteiger partial charge on any atom is -0.330 e. The molecule has 0 saturated heterocycles. The maximum absolute atomic E-state index is 6.14. The molecule has 2 N–H and O–H groups in total. The van der Waals surface area contributed by atoms with Gasteiger partial charge >= 0.3 is 0 Å². The fraction of sp³-hybridized carbons (Fsp3) is 0.368. The molecule has 0 aromatic heterocycles. The monoisotopic (exact) mass is 265 g/mol. The predicted octanol–water partition coefficient (Wildman–Crippen LogP) is 4.08. The van der Waals surface area contributed by atoms with Crippen LogP contribution in [0, 0.1) is 13.8 Å². The molecule has 0 aliphatic heterocycles. The second-order valence-corrected chi connectivity index (χ2v) is 6.38. The van der Waals surface area contributed by atoms with Crippen LogP contribution in [-0.4, -0.2) is 6.54 Å². The molecular formula is C19H23N. The third-order valence-electron chi connectivity index (χ3n) is 4.77. The minimum atomic E-state index is 0.192. The molecule has 0 radical (unpaired) electrons. The molecule has 3 rings (SSSR count). The smallest absolute Gasteiger partial charge is 0.00873 e. The zero-order valence-electron chi connectivity index (χ0n) is 12.4. The van der Waals surface area contributed by atoms with E-state index in [1.165, 1.54) is 35.1 Å². The lowest BCUT2D eigenvalue weighted by Crippen LogP contribution is -2.46. The first-order valence-corrected chi connectivity index (χ1v) is 7.47. The van der Waals surface area contributed by atoms with Gasteiger partial charge in [-0.15, -0.1) is 0 Å². The Morgan fingerprint density at radius 1 is 1.00 bits per heavy atom. The molecule has 1 heteroatoms. The van der Waals surface area contributed by atoms with E-state index in [2.05, 4.69) is 62.4 Å². The summed E-state index contributed by atoms with van der Waals surface area (Å²) >= 11 is 0. The van der Waals surface area contributed by atoms with Gasteiger partial charge in [-0.25, -0.2) is 0 Å². The van der Waals surface area contributed by atoms with Crippen LogP contribution in [0.15, 0.2) is 48.5 Å². The number of hydrogen-bond acceptors (Lipinski definition) is 1. The van der Waals surface area contributed by atoms with E-state index in [4.69, 9.17) is 5.73 Å². The van der Waals surface area contributed by atoms with Gasteiger partial charge in [-0.05, 0) is 43.7 Å². The van der Waals surface area contributed by atoms with Gasteiger partial charge in [0.05, 0.1) is 0 Å². The lowest BCUT2D eigenvalue weighted by Gasteiger charge is -2.48. The standard InChI is InChI=1S/C19H23N/c1-14-8-15(2)10-18(9-14)19(13-20)11-17(12-19)16-6-4-3-5-7-16/h3-10,17H,11-13,20H2,1-2H3. The summed E-state index contributed by atoms with van der Waals surface area (Å²) in [5, 5.41) is 0. The van der Waals surface area contributed by atoms with Crippen molar-refractivity contribution in [3.8, 4) is 0 Å². The molecule has 1 aliphatic rings. The predicted molar refractivity (Wildman–Crippen MR) is 85.1 cm³/mol. The summed E-state index contributed by atoms with van der Waals surface area (Å²) in [4.78, 5) is 0. The Morgan fingerprint density at radius 2 is 1.60 bits per heavy atom. The van der Waals surface area contributed by atoms with E-state index in [0.717, 1.165) is 6.54 Å². The third-order valence-corrected chi connectivity index (χ3v) is 4.77. The molecule has 0 spiro atoms. The largest absolute Gasteiger partial charge is 0.330 e. The SMILES string of the molecule is Cc1cc(C)cc(C2(CN)CC(c3ccccc3)C2)c1. The van der Waals surface area contributed by atoms with Crippen LogP contribution in [0.2, 0.25) is 0 Å². The first-order valence-electron chi connectivity index (χ1n) is 7.47. The van der Waals surface area contributed by atoms with Crippen molar-refractivity contribution < 1.29 is 0 Å². The highest BCUT2D eigenvalue weighted by Crippen LogP contribution is 2.52. The van der Waals surface area contributed by atoms with Gasteiger partial charge in [0, 0.05) is 12.0 Å². The summed E-state index contributed by atoms with van der Waals surface area (Å²) in [6.45, 7) is 5.10. The van der Waals surface area contributed by atoms with Gasteiger partial charge in [-0.2, -0.15) is 0 Å². The molecule has 20 heavy (non-hydrogen) atoms. The van der Waals surface area contributed by atoms with Gasteiger partial charge in [0.2, 0.25) is 0 Å². The molecule has 0 heterocycles. The lowest BCUT2D eigenvalue weighted by molar-refractivity contribution is 0.209. The summed E-state index contributed by atoms with van der Waals surface area (Å²) in [6, 6.07) is 17.7. The van der Waals surface area contributed by atoms with Crippen LogP contribution in [0.1, 0.15) is 41.0 Å². The number of hydrogen-bond donors (Lipinski definition) is 1. The maximum atomic E-state index is 6.14. The molecular weight excluding hydrogens is 242 g/mol. The van der Waals surface area contributed by atoms with Crippen LogP contribution in [0.5, 0.6) is 0 Å². The highest BCUT2D eigenvalue weighted by molar-refractivity contribution is 5.39. The number of nitrogens with two attached hydrogens (primary N) is 1. The summed E-state index contributed by atoms with van der Waals surface area (Å²) < 4.78 is 0. The van der Waals surface area contributed by atoms with Crippen molar-refractivity contribution >= 4 is 0 Å². The van der Waals surface area contributed by atoms with Gasteiger partial charge in [0.15, 0.2) is 0 Å². The summed E-state index contributed by atoms with van der Waals surface area (Å²) in [5.41, 5.74) is 11.9. The van der Waals surface area contributed by atoms with E-state index in [9.17, 15) is 0 Å². The van der Waals surface area contributed by atoms with Crippen LogP contribution in [0.4, 0.5) is 0 Å². The first-order chi connectivity index (χ1) is 9.63. The Kier molecular flexibility index (Phi) is 3.39. The van der Waals surface area contributed by atoms with Crippen LogP contribution in [-0.2, 0) is 5.41 Å². The Labute approximate surface area is 121 Å². The second-order valence-electron chi connectivity index (χ2n) is 6.38. The normalized spacial score (nSPS) is 25.2. The molecule has 0 amide bonds. The molecule has 0 atom stereocenters. The van der Waals surface area contributed by atoms with E-state index in [-0.39, 0.29) is 5.41 Å². The van der Waals surface area contributed by atoms with Crippen LogP contribution >= 0.6 is 0 Å². The molecule has 2 aromatic carbocycles. The molecule has 0 unspecified atom stereocenters. The topological polar surface area (TPSA) is 26.0 Å². The minimum absolute atomic E-state index is 0.192. The van der Waals surface area contributed by atoms with E-state index in [1.54, 1.807) is 0 Å². The Morgan fingerprint density at radius 3 is 2.15 bits per heavy atom. The molecule has 1 saturated carbocycles. The summed E-state index contributed by atoms with van der Waals surface area (Å²) in [6.07, 6.45) is 2.35. The fourth-order valence-corrected chi connectivity index (χ4v) is 3.65. The zero-order valence-corrected chi connectivity index (χ0v) is 12.4. The van der Waals surface area contributed by atoms with Gasteiger partial charge in [-0.1, -0.05) is 59.7 Å². The molecule has 0 bridgehead atoms. The number of rotatable bonds is 3. The van der Waals surface area contributed by atoms with Crippen molar-refractivity contribution in [3.63, 3.8) is 0 Å². The van der Waals surface area contributed by atoms with Crippen molar-refractivity contribution in [2.75, 3.05) is 6.54 Å². The van der Waals surface area contributed by atoms with Crippen molar-refractivity contribution in [3.05, 3.63) is 70.8 Å². The first kappa shape index (κ1) is 13.4. The summed E-state index contributed by atoms with van der Waals surface area (Å²) in [5.74, 6) is 0.667. The quantitative estimate of drug-likeness (QED) is 0.889. The van der Waals surface area contributed by atoms with Crippen LogP contribution in [0.3, 0.4) is 0 Å². The van der Waals surface area contributed by atoms with Gasteiger partial charge < -0.3 is 5.73 Å². The second kappa shape index (κ2) is 5.06. The van der Waals surface area contributed by atoms with Crippen molar-refractivity contribution in [2.24, 2.45) is 5.73 Å². The Balaban J connectivity index is 1.85. The average molecular weight is 265 g/mol. The Bertz CT molecular complexity index is 574. The molecule has 1 aliphatic carbocycles.